The zero-order valence-corrected chi connectivity index (χ0v) is 10.3. The van der Waals surface area contributed by atoms with E-state index in [1.54, 1.807) is 7.11 Å². The number of methoxy groups -OCH3 is 1. The maximum Gasteiger partial charge on any atom is 0.0589 e. The van der Waals surface area contributed by atoms with E-state index in [1.807, 2.05) is 0 Å². The second-order valence-corrected chi connectivity index (χ2v) is 3.98. The highest BCUT2D eigenvalue weighted by molar-refractivity contribution is 5.25. The lowest BCUT2D eigenvalue weighted by Crippen LogP contribution is -2.32. The maximum absolute atomic E-state index is 5.61. The molecule has 90 valence electrons. The number of ether oxygens (including phenoxy) is 1. The molecule has 2 N–H and O–H groups in total. The van der Waals surface area contributed by atoms with Crippen LogP contribution in [0.3, 0.4) is 0 Å². The standard InChI is InChI=1S/C13H22N2O/c1-12-5-3-4-6-13(12)11-15(8-7-14)9-10-16-2/h3-6H,7-11,14H2,1-2H3. The van der Waals surface area contributed by atoms with Crippen molar-refractivity contribution in [1.29, 1.82) is 0 Å². The third-order valence-corrected chi connectivity index (χ3v) is 2.71. The summed E-state index contributed by atoms with van der Waals surface area (Å²) >= 11 is 0. The van der Waals surface area contributed by atoms with Gasteiger partial charge in [-0.2, -0.15) is 0 Å². The molecule has 0 saturated carbocycles. The minimum atomic E-state index is 0.690. The molecule has 0 spiro atoms. The highest BCUT2D eigenvalue weighted by Gasteiger charge is 2.06. The molecule has 0 amide bonds. The van der Waals surface area contributed by atoms with Crippen LogP contribution in [0.2, 0.25) is 0 Å². The summed E-state index contributed by atoms with van der Waals surface area (Å²) in [6.07, 6.45) is 0. The summed E-state index contributed by atoms with van der Waals surface area (Å²) in [6, 6.07) is 8.47. The van der Waals surface area contributed by atoms with Crippen molar-refractivity contribution in [2.45, 2.75) is 13.5 Å². The highest BCUT2D eigenvalue weighted by Crippen LogP contribution is 2.09. The Hall–Kier alpha value is -0.900. The van der Waals surface area contributed by atoms with E-state index in [4.69, 9.17) is 10.5 Å². The van der Waals surface area contributed by atoms with Gasteiger partial charge in [0.1, 0.15) is 0 Å². The van der Waals surface area contributed by atoms with Crippen LogP contribution in [0.25, 0.3) is 0 Å². The zero-order valence-electron chi connectivity index (χ0n) is 10.3. The van der Waals surface area contributed by atoms with E-state index >= 15 is 0 Å². The second kappa shape index (κ2) is 7.39. The number of rotatable bonds is 7. The average Bonchev–Trinajstić information content (AvgIpc) is 2.29. The van der Waals surface area contributed by atoms with E-state index in [0.29, 0.717) is 6.54 Å². The minimum absolute atomic E-state index is 0.690. The van der Waals surface area contributed by atoms with Crippen molar-refractivity contribution in [1.82, 2.24) is 4.90 Å². The van der Waals surface area contributed by atoms with Gasteiger partial charge < -0.3 is 10.5 Å². The summed E-state index contributed by atoms with van der Waals surface area (Å²) < 4.78 is 5.10. The lowest BCUT2D eigenvalue weighted by molar-refractivity contribution is 0.146. The van der Waals surface area contributed by atoms with Gasteiger partial charge in [0.05, 0.1) is 6.61 Å². The Balaban J connectivity index is 2.56. The summed E-state index contributed by atoms with van der Waals surface area (Å²) in [5.74, 6) is 0. The molecule has 3 heteroatoms. The Morgan fingerprint density at radius 3 is 2.62 bits per heavy atom. The Morgan fingerprint density at radius 1 is 1.25 bits per heavy atom. The Morgan fingerprint density at radius 2 is 2.00 bits per heavy atom. The van der Waals surface area contributed by atoms with Crippen LogP contribution in [-0.4, -0.2) is 38.3 Å². The Labute approximate surface area is 98.2 Å². The topological polar surface area (TPSA) is 38.5 Å². The van der Waals surface area contributed by atoms with Crippen molar-refractivity contribution in [3.05, 3.63) is 35.4 Å². The molecular formula is C13H22N2O. The zero-order chi connectivity index (χ0) is 11.8. The Kier molecular flexibility index (Phi) is 6.08. The molecule has 0 radical (unpaired) electrons. The van der Waals surface area contributed by atoms with Crippen molar-refractivity contribution in [2.75, 3.05) is 33.4 Å². The molecule has 0 fully saturated rings. The van der Waals surface area contributed by atoms with E-state index in [0.717, 1.165) is 26.2 Å². The molecule has 16 heavy (non-hydrogen) atoms. The first-order chi connectivity index (χ1) is 7.77. The van der Waals surface area contributed by atoms with Gasteiger partial charge in [0.15, 0.2) is 0 Å². The van der Waals surface area contributed by atoms with Gasteiger partial charge in [0.2, 0.25) is 0 Å². The fourth-order valence-electron chi connectivity index (χ4n) is 1.70. The molecule has 0 aliphatic carbocycles. The minimum Gasteiger partial charge on any atom is -0.383 e. The number of aryl methyl sites for hydroxylation is 1. The smallest absolute Gasteiger partial charge is 0.0589 e. The SMILES string of the molecule is COCCN(CCN)Cc1ccccc1C. The number of nitrogens with zero attached hydrogens (tertiary/aromatic N) is 1. The van der Waals surface area contributed by atoms with E-state index < -0.39 is 0 Å². The monoisotopic (exact) mass is 222 g/mol. The third-order valence-electron chi connectivity index (χ3n) is 2.71. The molecule has 1 aromatic carbocycles. The normalized spacial score (nSPS) is 11.0. The highest BCUT2D eigenvalue weighted by atomic mass is 16.5. The molecule has 0 aliphatic heterocycles. The molecule has 0 saturated heterocycles. The number of benzene rings is 1. The van der Waals surface area contributed by atoms with Crippen LogP contribution in [0.5, 0.6) is 0 Å². The van der Waals surface area contributed by atoms with Crippen LogP contribution in [0, 0.1) is 6.92 Å². The van der Waals surface area contributed by atoms with Crippen molar-refractivity contribution < 1.29 is 4.74 Å². The van der Waals surface area contributed by atoms with Gasteiger partial charge >= 0.3 is 0 Å². The molecule has 0 bridgehead atoms. The average molecular weight is 222 g/mol. The quantitative estimate of drug-likeness (QED) is 0.758. The molecule has 0 aromatic heterocycles. The fraction of sp³-hybridized carbons (Fsp3) is 0.538. The number of hydrogen-bond donors (Lipinski definition) is 1. The van der Waals surface area contributed by atoms with Crippen LogP contribution in [0.15, 0.2) is 24.3 Å². The predicted molar refractivity (Wildman–Crippen MR) is 67.4 cm³/mol. The lowest BCUT2D eigenvalue weighted by Gasteiger charge is -2.22. The van der Waals surface area contributed by atoms with Gasteiger partial charge in [-0.05, 0) is 18.1 Å². The number of nitrogens with two attached hydrogens (primary N) is 1. The maximum atomic E-state index is 5.61. The van der Waals surface area contributed by atoms with Crippen molar-refractivity contribution in [2.24, 2.45) is 5.73 Å². The van der Waals surface area contributed by atoms with Gasteiger partial charge in [-0.25, -0.2) is 0 Å². The van der Waals surface area contributed by atoms with Crippen LogP contribution in [0.4, 0.5) is 0 Å². The summed E-state index contributed by atoms with van der Waals surface area (Å²) in [5.41, 5.74) is 8.31. The lowest BCUT2D eigenvalue weighted by atomic mass is 10.1. The second-order valence-electron chi connectivity index (χ2n) is 3.98. The van der Waals surface area contributed by atoms with Crippen molar-refractivity contribution in [3.63, 3.8) is 0 Å². The summed E-state index contributed by atoms with van der Waals surface area (Å²) in [4.78, 5) is 2.33. The third kappa shape index (κ3) is 4.31. The van der Waals surface area contributed by atoms with Crippen molar-refractivity contribution >= 4 is 0 Å². The first-order valence-electron chi connectivity index (χ1n) is 5.73. The molecule has 0 atom stereocenters. The van der Waals surface area contributed by atoms with Gasteiger partial charge in [0.25, 0.3) is 0 Å². The van der Waals surface area contributed by atoms with Gasteiger partial charge in [-0.1, -0.05) is 24.3 Å². The van der Waals surface area contributed by atoms with Crippen LogP contribution < -0.4 is 5.73 Å². The van der Waals surface area contributed by atoms with Crippen molar-refractivity contribution in [3.8, 4) is 0 Å². The van der Waals surface area contributed by atoms with Gasteiger partial charge in [0, 0.05) is 33.3 Å². The van der Waals surface area contributed by atoms with E-state index in [2.05, 4.69) is 36.1 Å². The summed E-state index contributed by atoms with van der Waals surface area (Å²) in [7, 11) is 1.73. The van der Waals surface area contributed by atoms with Gasteiger partial charge in [-0.3, -0.25) is 4.90 Å². The van der Waals surface area contributed by atoms with Crippen LogP contribution >= 0.6 is 0 Å². The fourth-order valence-corrected chi connectivity index (χ4v) is 1.70. The first kappa shape index (κ1) is 13.2. The van der Waals surface area contributed by atoms with E-state index in [-0.39, 0.29) is 0 Å². The number of hydrogen-bond acceptors (Lipinski definition) is 3. The van der Waals surface area contributed by atoms with E-state index in [9.17, 15) is 0 Å². The Bertz CT molecular complexity index is 302. The van der Waals surface area contributed by atoms with Gasteiger partial charge in [-0.15, -0.1) is 0 Å². The first-order valence-corrected chi connectivity index (χ1v) is 5.73. The summed E-state index contributed by atoms with van der Waals surface area (Å²) in [6.45, 7) is 6.39. The molecule has 0 aliphatic rings. The molecule has 0 unspecified atom stereocenters. The molecule has 1 aromatic rings. The van der Waals surface area contributed by atoms with E-state index in [1.165, 1.54) is 11.1 Å². The van der Waals surface area contributed by atoms with Crippen LogP contribution in [0.1, 0.15) is 11.1 Å². The summed E-state index contributed by atoms with van der Waals surface area (Å²) in [5, 5.41) is 0. The predicted octanol–water partition coefficient (Wildman–Crippen LogP) is 1.40. The van der Waals surface area contributed by atoms with Crippen LogP contribution in [-0.2, 0) is 11.3 Å². The largest absolute Gasteiger partial charge is 0.383 e. The molecule has 0 heterocycles. The molecule has 3 nitrogen and oxygen atoms in total. The molecule has 1 rings (SSSR count). The molecular weight excluding hydrogens is 200 g/mol.